The van der Waals surface area contributed by atoms with Gasteiger partial charge in [0.1, 0.15) is 5.82 Å². The van der Waals surface area contributed by atoms with E-state index in [1.54, 1.807) is 12.1 Å². The summed E-state index contributed by atoms with van der Waals surface area (Å²) >= 11 is 0. The van der Waals surface area contributed by atoms with Crippen molar-refractivity contribution in [3.8, 4) is 5.75 Å². The van der Waals surface area contributed by atoms with Crippen molar-refractivity contribution < 1.29 is 14.3 Å². The summed E-state index contributed by atoms with van der Waals surface area (Å²) in [7, 11) is 2.94. The second-order valence-electron chi connectivity index (χ2n) is 4.84. The first kappa shape index (κ1) is 14.3. The molecule has 0 saturated carbocycles. The number of hydrogen-bond donors (Lipinski definition) is 1. The summed E-state index contributed by atoms with van der Waals surface area (Å²) in [4.78, 5) is 32.5. The topological polar surface area (TPSA) is 84.5 Å². The maximum absolute atomic E-state index is 12.5. The first-order valence-corrected chi connectivity index (χ1v) is 6.70. The minimum Gasteiger partial charge on any atom is -0.490 e. The standard InChI is InChI=1S/C15H15N3O4/c1-21-11-7-16-12(17-13(11)19)8-18-14(20)9-5-3-4-6-10(9)15(18)22-2/h3-7,15H,8H2,1-2H3,(H,16,17,19). The summed E-state index contributed by atoms with van der Waals surface area (Å²) in [5.41, 5.74) is 1.03. The third-order valence-electron chi connectivity index (χ3n) is 3.58. The van der Waals surface area contributed by atoms with Crippen LogP contribution in [0.25, 0.3) is 0 Å². The number of hydrogen-bond acceptors (Lipinski definition) is 5. The molecule has 114 valence electrons. The molecule has 7 nitrogen and oxygen atoms in total. The van der Waals surface area contributed by atoms with Crippen molar-refractivity contribution in [3.05, 3.63) is 57.8 Å². The van der Waals surface area contributed by atoms with Gasteiger partial charge in [-0.1, -0.05) is 18.2 Å². The fourth-order valence-electron chi connectivity index (χ4n) is 2.55. The molecule has 1 aromatic heterocycles. The van der Waals surface area contributed by atoms with E-state index in [2.05, 4.69) is 9.97 Å². The second kappa shape index (κ2) is 5.61. The lowest BCUT2D eigenvalue weighted by molar-refractivity contribution is -0.0173. The Bertz CT molecular complexity index is 771. The zero-order valence-electron chi connectivity index (χ0n) is 12.2. The predicted octanol–water partition coefficient (Wildman–Crippen LogP) is 1.08. The van der Waals surface area contributed by atoms with Crippen LogP contribution in [-0.2, 0) is 11.3 Å². The molecule has 0 saturated heterocycles. The molecule has 1 amide bonds. The van der Waals surface area contributed by atoms with Crippen LogP contribution in [0.4, 0.5) is 0 Å². The molecule has 1 atom stereocenters. The molecule has 2 aromatic rings. The van der Waals surface area contributed by atoms with Crippen LogP contribution in [0.3, 0.4) is 0 Å². The number of aromatic amines is 1. The van der Waals surface area contributed by atoms with Crippen molar-refractivity contribution in [2.45, 2.75) is 12.8 Å². The van der Waals surface area contributed by atoms with Gasteiger partial charge in [0, 0.05) is 18.2 Å². The summed E-state index contributed by atoms with van der Waals surface area (Å²) in [5.74, 6) is 0.345. The number of ether oxygens (including phenoxy) is 2. The second-order valence-corrected chi connectivity index (χ2v) is 4.84. The lowest BCUT2D eigenvalue weighted by Crippen LogP contribution is -2.30. The van der Waals surface area contributed by atoms with E-state index in [0.29, 0.717) is 11.4 Å². The first-order chi connectivity index (χ1) is 10.7. The molecule has 0 fully saturated rings. The Morgan fingerprint density at radius 2 is 2.05 bits per heavy atom. The number of benzene rings is 1. The minimum absolute atomic E-state index is 0.128. The highest BCUT2D eigenvalue weighted by molar-refractivity contribution is 5.98. The van der Waals surface area contributed by atoms with Gasteiger partial charge in [0.25, 0.3) is 11.5 Å². The average molecular weight is 301 g/mol. The van der Waals surface area contributed by atoms with Gasteiger partial charge < -0.3 is 19.4 Å². The third-order valence-corrected chi connectivity index (χ3v) is 3.58. The van der Waals surface area contributed by atoms with Crippen LogP contribution in [0, 0.1) is 0 Å². The quantitative estimate of drug-likeness (QED) is 0.913. The van der Waals surface area contributed by atoms with Gasteiger partial charge in [-0.3, -0.25) is 9.59 Å². The van der Waals surface area contributed by atoms with Crippen LogP contribution in [-0.4, -0.2) is 35.0 Å². The maximum atomic E-state index is 12.5. The zero-order valence-corrected chi connectivity index (χ0v) is 12.2. The van der Waals surface area contributed by atoms with Crippen molar-refractivity contribution in [1.29, 1.82) is 0 Å². The normalized spacial score (nSPS) is 16.7. The van der Waals surface area contributed by atoms with Crippen molar-refractivity contribution in [2.75, 3.05) is 14.2 Å². The average Bonchev–Trinajstić information content (AvgIpc) is 2.80. The van der Waals surface area contributed by atoms with Crippen molar-refractivity contribution in [1.82, 2.24) is 14.9 Å². The van der Waals surface area contributed by atoms with Gasteiger partial charge in [-0.15, -0.1) is 0 Å². The van der Waals surface area contributed by atoms with E-state index in [9.17, 15) is 9.59 Å². The van der Waals surface area contributed by atoms with Gasteiger partial charge >= 0.3 is 0 Å². The van der Waals surface area contributed by atoms with Crippen LogP contribution in [0.1, 0.15) is 28.0 Å². The lowest BCUT2D eigenvalue weighted by atomic mass is 10.1. The number of aromatic nitrogens is 2. The summed E-state index contributed by atoms with van der Waals surface area (Å²) in [5, 5.41) is 0. The number of rotatable bonds is 4. The number of fused-ring (bicyclic) bond motifs is 1. The van der Waals surface area contributed by atoms with Crippen molar-refractivity contribution in [2.24, 2.45) is 0 Å². The Morgan fingerprint density at radius 3 is 2.73 bits per heavy atom. The van der Waals surface area contributed by atoms with E-state index in [1.807, 2.05) is 12.1 Å². The van der Waals surface area contributed by atoms with Crippen LogP contribution >= 0.6 is 0 Å². The van der Waals surface area contributed by atoms with Gasteiger partial charge in [-0.2, -0.15) is 0 Å². The minimum atomic E-state index is -0.490. The smallest absolute Gasteiger partial charge is 0.293 e. The molecule has 22 heavy (non-hydrogen) atoms. The molecule has 2 heterocycles. The van der Waals surface area contributed by atoms with Crippen LogP contribution < -0.4 is 10.3 Å². The van der Waals surface area contributed by atoms with E-state index >= 15 is 0 Å². The van der Waals surface area contributed by atoms with Gasteiger partial charge in [-0.05, 0) is 6.07 Å². The van der Waals surface area contributed by atoms with Crippen molar-refractivity contribution in [3.63, 3.8) is 0 Å². The fourth-order valence-corrected chi connectivity index (χ4v) is 2.55. The molecule has 3 rings (SSSR count). The molecule has 7 heteroatoms. The number of amides is 1. The number of nitrogens with zero attached hydrogens (tertiary/aromatic N) is 2. The highest BCUT2D eigenvalue weighted by Crippen LogP contribution is 2.34. The first-order valence-electron chi connectivity index (χ1n) is 6.70. The van der Waals surface area contributed by atoms with Gasteiger partial charge in [0.15, 0.2) is 6.23 Å². The Balaban J connectivity index is 1.91. The zero-order chi connectivity index (χ0) is 15.7. The van der Waals surface area contributed by atoms with Gasteiger partial charge in [0.2, 0.25) is 5.75 Å². The van der Waals surface area contributed by atoms with E-state index in [1.165, 1.54) is 25.3 Å². The van der Waals surface area contributed by atoms with E-state index in [-0.39, 0.29) is 23.8 Å². The highest BCUT2D eigenvalue weighted by Gasteiger charge is 2.36. The molecule has 0 bridgehead atoms. The number of methoxy groups -OCH3 is 2. The Labute approximate surface area is 126 Å². The third kappa shape index (κ3) is 2.25. The van der Waals surface area contributed by atoms with E-state index < -0.39 is 6.23 Å². The molecule has 1 N–H and O–H groups in total. The fraction of sp³-hybridized carbons (Fsp3) is 0.267. The summed E-state index contributed by atoms with van der Waals surface area (Å²) in [6.45, 7) is 0.144. The monoisotopic (exact) mass is 301 g/mol. The largest absolute Gasteiger partial charge is 0.490 e. The number of carbonyl (C=O) groups is 1. The number of H-pyrrole nitrogens is 1. The van der Waals surface area contributed by atoms with Crippen LogP contribution in [0.5, 0.6) is 5.75 Å². The number of nitrogens with one attached hydrogen (secondary N) is 1. The van der Waals surface area contributed by atoms with Crippen LogP contribution in [0.15, 0.2) is 35.3 Å². The number of carbonyl (C=O) groups excluding carboxylic acids is 1. The molecule has 0 spiro atoms. The summed E-state index contributed by atoms with van der Waals surface area (Å²) in [6.07, 6.45) is 0.847. The Kier molecular flexibility index (Phi) is 3.64. The van der Waals surface area contributed by atoms with Crippen molar-refractivity contribution >= 4 is 5.91 Å². The molecule has 0 radical (unpaired) electrons. The van der Waals surface area contributed by atoms with Gasteiger partial charge in [0.05, 0.1) is 19.9 Å². The molecule has 0 aliphatic carbocycles. The highest BCUT2D eigenvalue weighted by atomic mass is 16.5. The Hall–Kier alpha value is -2.67. The molecular weight excluding hydrogens is 286 g/mol. The molecular formula is C15H15N3O4. The maximum Gasteiger partial charge on any atom is 0.293 e. The van der Waals surface area contributed by atoms with E-state index in [0.717, 1.165) is 5.56 Å². The Morgan fingerprint density at radius 1 is 1.27 bits per heavy atom. The summed E-state index contributed by atoms with van der Waals surface area (Å²) in [6, 6.07) is 7.27. The SMILES string of the molecule is COc1cnc(CN2C(=O)c3ccccc3C2OC)[nH]c1=O. The van der Waals surface area contributed by atoms with Gasteiger partial charge in [-0.25, -0.2) is 4.98 Å². The summed E-state index contributed by atoms with van der Waals surface area (Å²) < 4.78 is 10.3. The van der Waals surface area contributed by atoms with E-state index in [4.69, 9.17) is 9.47 Å². The lowest BCUT2D eigenvalue weighted by Gasteiger charge is -2.23. The predicted molar refractivity (Wildman–Crippen MR) is 77.5 cm³/mol. The molecule has 1 aliphatic heterocycles. The molecule has 1 unspecified atom stereocenters. The molecule has 1 aromatic carbocycles. The van der Waals surface area contributed by atoms with Crippen LogP contribution in [0.2, 0.25) is 0 Å². The molecule has 1 aliphatic rings.